The van der Waals surface area contributed by atoms with Gasteiger partial charge in [0.1, 0.15) is 6.10 Å². The molecule has 0 saturated heterocycles. The largest absolute Gasteiger partial charge is 0.463 e. The first-order valence-corrected chi connectivity index (χ1v) is 13.6. The molecule has 0 rings (SSSR count). The predicted molar refractivity (Wildman–Crippen MR) is 87.9 cm³/mol. The van der Waals surface area contributed by atoms with Crippen LogP contribution in [0.2, 0.25) is 38.3 Å². The Hall–Kier alpha value is -0.176. The summed E-state index contributed by atoms with van der Waals surface area (Å²) in [4.78, 5) is 12.1. The van der Waals surface area contributed by atoms with Gasteiger partial charge in [-0.1, -0.05) is 13.8 Å². The van der Waals surface area contributed by atoms with E-state index in [1.165, 1.54) is 0 Å². The van der Waals surface area contributed by atoms with Crippen molar-refractivity contribution >= 4 is 22.6 Å². The molecule has 0 radical (unpaired) electrons. The summed E-state index contributed by atoms with van der Waals surface area (Å²) in [6.07, 6.45) is 0.724. The molecule has 0 aliphatic rings. The molecule has 0 amide bonds. The van der Waals surface area contributed by atoms with Crippen LogP contribution in [0.5, 0.6) is 0 Å². The fourth-order valence-corrected chi connectivity index (χ4v) is 5.14. The summed E-state index contributed by atoms with van der Waals surface area (Å²) in [6, 6.07) is 1.65. The van der Waals surface area contributed by atoms with Crippen LogP contribution in [0, 0.1) is 5.92 Å². The van der Waals surface area contributed by atoms with E-state index in [0.717, 1.165) is 18.5 Å². The molecule has 0 aromatic carbocycles. The summed E-state index contributed by atoms with van der Waals surface area (Å²) >= 11 is 0. The lowest BCUT2D eigenvalue weighted by atomic mass is 10.1. The third-order valence-electron chi connectivity index (χ3n) is 3.84. The molecule has 120 valence electrons. The monoisotopic (exact) mass is 320 g/mol. The highest BCUT2D eigenvalue weighted by Gasteiger charge is 2.34. The van der Waals surface area contributed by atoms with Gasteiger partial charge in [0, 0.05) is 26.3 Å². The zero-order chi connectivity index (χ0) is 16.0. The quantitative estimate of drug-likeness (QED) is 0.480. The molecule has 0 aromatic heterocycles. The molecule has 0 aliphatic carbocycles. The Morgan fingerprint density at radius 3 is 1.70 bits per heavy atom. The molecule has 0 aromatic rings. The van der Waals surface area contributed by atoms with Crippen LogP contribution in [0.15, 0.2) is 0 Å². The number of carbonyl (C=O) groups excluding carboxylic acids is 1. The zero-order valence-electron chi connectivity index (χ0n) is 14.4. The highest BCUT2D eigenvalue weighted by Crippen LogP contribution is 2.24. The number of ether oxygens (including phenoxy) is 1. The molecule has 0 N–H and O–H groups in total. The Bertz CT molecular complexity index is 288. The van der Waals surface area contributed by atoms with Crippen LogP contribution < -0.4 is 0 Å². The van der Waals surface area contributed by atoms with E-state index in [-0.39, 0.29) is 18.0 Å². The summed E-state index contributed by atoms with van der Waals surface area (Å²) < 4.78 is 17.0. The Labute approximate surface area is 126 Å². The lowest BCUT2D eigenvalue weighted by Gasteiger charge is -2.31. The van der Waals surface area contributed by atoms with Crippen molar-refractivity contribution in [3.05, 3.63) is 0 Å². The zero-order valence-corrected chi connectivity index (χ0v) is 16.4. The van der Waals surface area contributed by atoms with E-state index in [1.807, 2.05) is 13.8 Å². The summed E-state index contributed by atoms with van der Waals surface area (Å²) in [6.45, 7) is 12.5. The Morgan fingerprint density at radius 1 is 1.00 bits per heavy atom. The van der Waals surface area contributed by atoms with E-state index < -0.39 is 16.6 Å². The van der Waals surface area contributed by atoms with Crippen LogP contribution in [-0.4, -0.2) is 42.9 Å². The maximum atomic E-state index is 12.1. The number of rotatable bonds is 9. The molecular weight excluding hydrogens is 288 g/mol. The third kappa shape index (κ3) is 7.56. The number of hydrogen-bond acceptors (Lipinski definition) is 4. The van der Waals surface area contributed by atoms with E-state index >= 15 is 0 Å². The highest BCUT2D eigenvalue weighted by molar-refractivity contribution is 6.73. The first-order valence-electron chi connectivity index (χ1n) is 7.37. The van der Waals surface area contributed by atoms with E-state index in [4.69, 9.17) is 13.6 Å². The van der Waals surface area contributed by atoms with E-state index in [1.54, 1.807) is 14.2 Å². The third-order valence-corrected chi connectivity index (χ3v) is 8.93. The minimum absolute atomic E-state index is 0.0443. The van der Waals surface area contributed by atoms with Crippen LogP contribution in [-0.2, 0) is 18.4 Å². The van der Waals surface area contributed by atoms with Crippen molar-refractivity contribution in [3.8, 4) is 0 Å². The van der Waals surface area contributed by atoms with Gasteiger partial charge in [-0.3, -0.25) is 4.79 Å². The molecule has 1 unspecified atom stereocenters. The molecule has 0 heterocycles. The molecule has 6 heteroatoms. The predicted octanol–water partition coefficient (Wildman–Crippen LogP) is 3.65. The van der Waals surface area contributed by atoms with Gasteiger partial charge in [0.25, 0.3) is 0 Å². The molecule has 0 fully saturated rings. The van der Waals surface area contributed by atoms with Gasteiger partial charge in [-0.15, -0.1) is 0 Å². The average Bonchev–Trinajstić information content (AvgIpc) is 2.36. The fourth-order valence-electron chi connectivity index (χ4n) is 1.87. The van der Waals surface area contributed by atoms with Crippen molar-refractivity contribution in [1.82, 2.24) is 0 Å². The van der Waals surface area contributed by atoms with Crippen LogP contribution in [0.1, 0.15) is 20.3 Å². The van der Waals surface area contributed by atoms with Gasteiger partial charge in [0.15, 0.2) is 16.6 Å². The normalized spacial score (nSPS) is 14.4. The Kier molecular flexibility index (Phi) is 8.24. The van der Waals surface area contributed by atoms with Gasteiger partial charge in [-0.2, -0.15) is 0 Å². The summed E-state index contributed by atoms with van der Waals surface area (Å²) in [5.74, 6) is -0.142. The van der Waals surface area contributed by atoms with Gasteiger partial charge >= 0.3 is 5.97 Å². The average molecular weight is 321 g/mol. The second kappa shape index (κ2) is 8.31. The topological polar surface area (TPSA) is 44.8 Å². The van der Waals surface area contributed by atoms with Crippen molar-refractivity contribution in [3.63, 3.8) is 0 Å². The molecule has 0 spiro atoms. The van der Waals surface area contributed by atoms with Gasteiger partial charge in [0.05, 0.1) is 5.92 Å². The van der Waals surface area contributed by atoms with Crippen LogP contribution in [0.4, 0.5) is 0 Å². The van der Waals surface area contributed by atoms with E-state index in [2.05, 4.69) is 26.2 Å². The maximum absolute atomic E-state index is 12.1. The van der Waals surface area contributed by atoms with Crippen molar-refractivity contribution in [2.45, 2.75) is 64.6 Å². The molecule has 0 saturated carbocycles. The standard InChI is InChI=1S/C14H32O4Si2/c1-9-12(2)14(15)18-13(10-19(5,6)16-3)11-20(7,8)17-4/h12-13H,9-11H2,1-8H3. The van der Waals surface area contributed by atoms with Crippen molar-refractivity contribution in [2.75, 3.05) is 14.2 Å². The number of carbonyl (C=O) groups is 1. The van der Waals surface area contributed by atoms with E-state index in [9.17, 15) is 4.79 Å². The SMILES string of the molecule is CCC(C)C(=O)OC(C[Si](C)(C)OC)C[Si](C)(C)OC. The van der Waals surface area contributed by atoms with Gasteiger partial charge in [-0.05, 0) is 32.6 Å². The smallest absolute Gasteiger partial charge is 0.308 e. The highest BCUT2D eigenvalue weighted by atomic mass is 28.4. The first-order chi connectivity index (χ1) is 9.06. The molecule has 20 heavy (non-hydrogen) atoms. The second-order valence-electron chi connectivity index (χ2n) is 6.70. The molecular formula is C14H32O4Si2. The number of hydrogen-bond donors (Lipinski definition) is 0. The minimum atomic E-state index is -1.78. The molecule has 4 nitrogen and oxygen atoms in total. The summed E-state index contributed by atoms with van der Waals surface area (Å²) in [7, 11) is -0.0531. The second-order valence-corrected chi connectivity index (χ2v) is 15.4. The van der Waals surface area contributed by atoms with E-state index in [0.29, 0.717) is 0 Å². The number of esters is 1. The van der Waals surface area contributed by atoms with Crippen LogP contribution in [0.25, 0.3) is 0 Å². The lowest BCUT2D eigenvalue weighted by molar-refractivity contribution is -0.152. The summed E-state index contributed by atoms with van der Waals surface area (Å²) in [5, 5.41) is 0. The maximum Gasteiger partial charge on any atom is 0.308 e. The molecule has 0 aliphatic heterocycles. The fraction of sp³-hybridized carbons (Fsp3) is 0.929. The first kappa shape index (κ1) is 19.8. The van der Waals surface area contributed by atoms with Crippen molar-refractivity contribution < 1.29 is 18.4 Å². The van der Waals surface area contributed by atoms with Crippen LogP contribution in [0.3, 0.4) is 0 Å². The molecule has 1 atom stereocenters. The van der Waals surface area contributed by atoms with Crippen LogP contribution >= 0.6 is 0 Å². The lowest BCUT2D eigenvalue weighted by Crippen LogP contribution is -2.41. The van der Waals surface area contributed by atoms with Gasteiger partial charge in [0.2, 0.25) is 0 Å². The van der Waals surface area contributed by atoms with Crippen molar-refractivity contribution in [2.24, 2.45) is 5.92 Å². The van der Waals surface area contributed by atoms with Crippen molar-refractivity contribution in [1.29, 1.82) is 0 Å². The summed E-state index contributed by atoms with van der Waals surface area (Å²) in [5.41, 5.74) is 0. The van der Waals surface area contributed by atoms with Gasteiger partial charge < -0.3 is 13.6 Å². The molecule has 0 bridgehead atoms. The Morgan fingerprint density at radius 2 is 1.40 bits per heavy atom. The minimum Gasteiger partial charge on any atom is -0.463 e. The Balaban J connectivity index is 4.84. The van der Waals surface area contributed by atoms with Gasteiger partial charge in [-0.25, -0.2) is 0 Å².